The summed E-state index contributed by atoms with van der Waals surface area (Å²) in [4.78, 5) is 2.16. The normalized spacial score (nSPS) is 12.6. The van der Waals surface area contributed by atoms with Crippen molar-refractivity contribution in [1.82, 2.24) is 14.8 Å². The molecule has 1 unspecified atom stereocenters. The minimum absolute atomic E-state index is 0.345. The second-order valence-corrected chi connectivity index (χ2v) is 5.97. The highest BCUT2D eigenvalue weighted by Crippen LogP contribution is 2.19. The number of anilines is 1. The number of nitrogens with zero attached hydrogens (tertiary/aromatic N) is 4. The third-order valence-corrected chi connectivity index (χ3v) is 3.87. The number of hydrogen-bond donors (Lipinski definition) is 1. The Bertz CT molecular complexity index is 580. The Balaban J connectivity index is 2.23. The minimum Gasteiger partial charge on any atom is -0.391 e. The smallest absolute Gasteiger partial charge is 0.152 e. The number of rotatable bonds is 7. The molecule has 1 aromatic heterocycles. The van der Waals surface area contributed by atoms with Crippen molar-refractivity contribution in [2.75, 3.05) is 11.4 Å². The van der Waals surface area contributed by atoms with Gasteiger partial charge in [0.25, 0.3) is 0 Å². The molecule has 0 saturated heterocycles. The summed E-state index contributed by atoms with van der Waals surface area (Å²) in [5.74, 6) is 2.24. The lowest BCUT2D eigenvalue weighted by Crippen LogP contribution is -2.32. The number of hydrogen-bond acceptors (Lipinski definition) is 4. The van der Waals surface area contributed by atoms with Crippen LogP contribution in [0.2, 0.25) is 0 Å². The molecule has 0 bridgehead atoms. The van der Waals surface area contributed by atoms with Gasteiger partial charge in [-0.05, 0) is 18.6 Å². The first kappa shape index (κ1) is 16.5. The van der Waals surface area contributed by atoms with E-state index in [9.17, 15) is 5.11 Å². The maximum absolute atomic E-state index is 10.0. The quantitative estimate of drug-likeness (QED) is 0.854. The molecule has 0 aliphatic carbocycles. The van der Waals surface area contributed by atoms with E-state index in [-0.39, 0.29) is 6.10 Å². The van der Waals surface area contributed by atoms with Gasteiger partial charge in [0.05, 0.1) is 12.6 Å². The summed E-state index contributed by atoms with van der Waals surface area (Å²) in [6.45, 7) is 7.45. The third-order valence-electron chi connectivity index (χ3n) is 3.87. The molecule has 0 aliphatic heterocycles. The van der Waals surface area contributed by atoms with Crippen LogP contribution < -0.4 is 4.90 Å². The van der Waals surface area contributed by atoms with Gasteiger partial charge in [-0.2, -0.15) is 0 Å². The lowest BCUT2D eigenvalue weighted by molar-refractivity contribution is 0.175. The van der Waals surface area contributed by atoms with Gasteiger partial charge in [0.2, 0.25) is 0 Å². The molecule has 1 N–H and O–H groups in total. The Morgan fingerprint density at radius 2 is 1.86 bits per heavy atom. The Kier molecular flexibility index (Phi) is 5.55. The first-order chi connectivity index (χ1) is 10.5. The first-order valence-electron chi connectivity index (χ1n) is 7.89. The fourth-order valence-electron chi connectivity index (χ4n) is 2.47. The van der Waals surface area contributed by atoms with Gasteiger partial charge in [0.15, 0.2) is 5.82 Å². The van der Waals surface area contributed by atoms with Gasteiger partial charge in [0, 0.05) is 25.2 Å². The van der Waals surface area contributed by atoms with Crippen molar-refractivity contribution in [1.29, 1.82) is 0 Å². The number of benzene rings is 1. The molecule has 0 radical (unpaired) electrons. The maximum Gasteiger partial charge on any atom is 0.152 e. The maximum atomic E-state index is 10.0. The van der Waals surface area contributed by atoms with Crippen molar-refractivity contribution in [3.05, 3.63) is 42.0 Å². The molecule has 0 amide bonds. The van der Waals surface area contributed by atoms with Crippen molar-refractivity contribution in [3.8, 4) is 0 Å². The van der Waals surface area contributed by atoms with Crippen LogP contribution >= 0.6 is 0 Å². The second kappa shape index (κ2) is 7.40. The highest BCUT2D eigenvalue weighted by molar-refractivity contribution is 5.46. The summed E-state index contributed by atoms with van der Waals surface area (Å²) in [5, 5.41) is 18.7. The van der Waals surface area contributed by atoms with Crippen LogP contribution in [0.1, 0.15) is 44.8 Å². The monoisotopic (exact) mass is 302 g/mol. The van der Waals surface area contributed by atoms with Crippen molar-refractivity contribution in [2.45, 2.75) is 45.8 Å². The molecule has 5 heteroatoms. The molecule has 1 atom stereocenters. The van der Waals surface area contributed by atoms with Crippen molar-refractivity contribution in [2.24, 2.45) is 7.05 Å². The van der Waals surface area contributed by atoms with E-state index < -0.39 is 0 Å². The van der Waals surface area contributed by atoms with E-state index in [1.807, 2.05) is 32.2 Å². The Morgan fingerprint density at radius 3 is 2.41 bits per heavy atom. The van der Waals surface area contributed by atoms with Crippen LogP contribution in [0, 0.1) is 0 Å². The molecule has 0 saturated carbocycles. The van der Waals surface area contributed by atoms with E-state index >= 15 is 0 Å². The molecule has 1 heterocycles. The lowest BCUT2D eigenvalue weighted by Gasteiger charge is -2.26. The van der Waals surface area contributed by atoms with Gasteiger partial charge in [-0.25, -0.2) is 0 Å². The molecular weight excluding hydrogens is 276 g/mol. The van der Waals surface area contributed by atoms with E-state index in [0.717, 1.165) is 23.8 Å². The molecule has 2 aromatic rings. The van der Waals surface area contributed by atoms with Crippen LogP contribution in [0.4, 0.5) is 5.69 Å². The Hall–Kier alpha value is -1.88. The molecule has 0 aliphatic rings. The zero-order chi connectivity index (χ0) is 16.1. The first-order valence-corrected chi connectivity index (χ1v) is 7.89. The third kappa shape index (κ3) is 3.85. The summed E-state index contributed by atoms with van der Waals surface area (Å²) < 4.78 is 2.05. The van der Waals surface area contributed by atoms with Crippen LogP contribution in [0.5, 0.6) is 0 Å². The molecule has 0 spiro atoms. The van der Waals surface area contributed by atoms with Gasteiger partial charge < -0.3 is 14.6 Å². The topological polar surface area (TPSA) is 54.2 Å². The van der Waals surface area contributed by atoms with Crippen LogP contribution in [0.25, 0.3) is 0 Å². The van der Waals surface area contributed by atoms with E-state index in [1.165, 1.54) is 0 Å². The van der Waals surface area contributed by atoms with E-state index in [0.29, 0.717) is 19.0 Å². The van der Waals surface area contributed by atoms with E-state index in [4.69, 9.17) is 0 Å². The summed E-state index contributed by atoms with van der Waals surface area (Å²) in [5.41, 5.74) is 1.09. The SMILES string of the molecule is CCC(O)CN(Cc1nnc(C(C)C)n1C)c1ccccc1. The van der Waals surface area contributed by atoms with Crippen LogP contribution in [-0.2, 0) is 13.6 Å². The molecule has 2 rings (SSSR count). The number of aromatic nitrogens is 3. The Labute approximate surface area is 132 Å². The summed E-state index contributed by atoms with van der Waals surface area (Å²) >= 11 is 0. The summed E-state index contributed by atoms with van der Waals surface area (Å²) in [6, 6.07) is 10.1. The predicted molar refractivity (Wildman–Crippen MR) is 88.9 cm³/mol. The molecule has 0 fully saturated rings. The number of aliphatic hydroxyl groups is 1. The fraction of sp³-hybridized carbons (Fsp3) is 0.529. The average molecular weight is 302 g/mol. The van der Waals surface area contributed by atoms with Crippen molar-refractivity contribution in [3.63, 3.8) is 0 Å². The molecule has 120 valence electrons. The lowest BCUT2D eigenvalue weighted by atomic mass is 10.2. The van der Waals surface area contributed by atoms with E-state index in [2.05, 4.69) is 45.6 Å². The Morgan fingerprint density at radius 1 is 1.18 bits per heavy atom. The highest BCUT2D eigenvalue weighted by atomic mass is 16.3. The highest BCUT2D eigenvalue weighted by Gasteiger charge is 2.17. The number of aliphatic hydroxyl groups excluding tert-OH is 1. The van der Waals surface area contributed by atoms with Gasteiger partial charge in [-0.1, -0.05) is 39.0 Å². The molecular formula is C17H26N4O. The second-order valence-electron chi connectivity index (χ2n) is 5.97. The van der Waals surface area contributed by atoms with Crippen molar-refractivity contribution < 1.29 is 5.11 Å². The van der Waals surface area contributed by atoms with Crippen LogP contribution in [-0.4, -0.2) is 32.5 Å². The van der Waals surface area contributed by atoms with Crippen molar-refractivity contribution >= 4 is 5.69 Å². The largest absolute Gasteiger partial charge is 0.391 e. The average Bonchev–Trinajstić information content (AvgIpc) is 2.88. The molecule has 1 aromatic carbocycles. The van der Waals surface area contributed by atoms with Gasteiger partial charge in [-0.3, -0.25) is 0 Å². The zero-order valence-electron chi connectivity index (χ0n) is 13.9. The predicted octanol–water partition coefficient (Wildman–Crippen LogP) is 2.72. The zero-order valence-corrected chi connectivity index (χ0v) is 13.9. The number of para-hydroxylation sites is 1. The molecule has 22 heavy (non-hydrogen) atoms. The van der Waals surface area contributed by atoms with Gasteiger partial charge in [0.1, 0.15) is 5.82 Å². The summed E-state index contributed by atoms with van der Waals surface area (Å²) in [7, 11) is 2.00. The van der Waals surface area contributed by atoms with Gasteiger partial charge >= 0.3 is 0 Å². The van der Waals surface area contributed by atoms with Gasteiger partial charge in [-0.15, -0.1) is 10.2 Å². The van der Waals surface area contributed by atoms with E-state index in [1.54, 1.807) is 0 Å². The van der Waals surface area contributed by atoms with Crippen LogP contribution in [0.15, 0.2) is 30.3 Å². The minimum atomic E-state index is -0.349. The standard InChI is InChI=1S/C17H26N4O/c1-5-15(22)11-21(14-9-7-6-8-10-14)12-16-18-19-17(13(2)3)20(16)4/h6-10,13,15,22H,5,11-12H2,1-4H3. The summed E-state index contributed by atoms with van der Waals surface area (Å²) in [6.07, 6.45) is 0.386. The van der Waals surface area contributed by atoms with Crippen LogP contribution in [0.3, 0.4) is 0 Å². The molecule has 5 nitrogen and oxygen atoms in total. The fourth-order valence-corrected chi connectivity index (χ4v) is 2.47.